The molecule has 1 aromatic heterocycles. The standard InChI is InChI=1S/C16H11FN2O4/c17-12-7-5-10(6-8-12)14-18-19(16(22)23-14)9-11-3-1-2-4-13(11)15(20)21/h1-8H,9H2,(H,20,21). The molecule has 0 amide bonds. The molecular weight excluding hydrogens is 303 g/mol. The van der Waals surface area contributed by atoms with Crippen LogP contribution in [0.3, 0.4) is 0 Å². The van der Waals surface area contributed by atoms with Gasteiger partial charge < -0.3 is 9.52 Å². The van der Waals surface area contributed by atoms with Crippen molar-refractivity contribution in [3.63, 3.8) is 0 Å². The van der Waals surface area contributed by atoms with Crippen LogP contribution in [0.5, 0.6) is 0 Å². The van der Waals surface area contributed by atoms with Crippen molar-refractivity contribution in [2.24, 2.45) is 0 Å². The van der Waals surface area contributed by atoms with Gasteiger partial charge in [0, 0.05) is 5.56 Å². The van der Waals surface area contributed by atoms with Crippen LogP contribution < -0.4 is 5.76 Å². The molecule has 23 heavy (non-hydrogen) atoms. The SMILES string of the molecule is O=C(O)c1ccccc1Cn1nc(-c2ccc(F)cc2)oc1=O. The molecular formula is C16H11FN2O4. The molecule has 0 radical (unpaired) electrons. The van der Waals surface area contributed by atoms with Crippen LogP contribution in [0.4, 0.5) is 4.39 Å². The summed E-state index contributed by atoms with van der Waals surface area (Å²) in [4.78, 5) is 23.1. The van der Waals surface area contributed by atoms with E-state index in [2.05, 4.69) is 5.10 Å². The Bertz CT molecular complexity index is 912. The van der Waals surface area contributed by atoms with E-state index >= 15 is 0 Å². The van der Waals surface area contributed by atoms with Gasteiger partial charge in [-0.2, -0.15) is 4.68 Å². The molecule has 0 aliphatic rings. The molecule has 3 rings (SSSR count). The van der Waals surface area contributed by atoms with Gasteiger partial charge in [-0.1, -0.05) is 18.2 Å². The minimum absolute atomic E-state index is 0.0357. The van der Waals surface area contributed by atoms with Crippen molar-refractivity contribution in [1.82, 2.24) is 9.78 Å². The van der Waals surface area contributed by atoms with Gasteiger partial charge in [-0.3, -0.25) is 0 Å². The van der Waals surface area contributed by atoms with Gasteiger partial charge in [0.1, 0.15) is 5.82 Å². The predicted octanol–water partition coefficient (Wildman–Crippen LogP) is 2.39. The summed E-state index contributed by atoms with van der Waals surface area (Å²) in [7, 11) is 0. The molecule has 116 valence electrons. The lowest BCUT2D eigenvalue weighted by Gasteiger charge is -2.04. The quantitative estimate of drug-likeness (QED) is 0.799. The monoisotopic (exact) mass is 314 g/mol. The number of halogens is 1. The van der Waals surface area contributed by atoms with E-state index in [-0.39, 0.29) is 18.0 Å². The lowest BCUT2D eigenvalue weighted by molar-refractivity contribution is 0.0695. The highest BCUT2D eigenvalue weighted by Gasteiger charge is 2.14. The number of rotatable bonds is 4. The summed E-state index contributed by atoms with van der Waals surface area (Å²) in [6.07, 6.45) is 0. The maximum Gasteiger partial charge on any atom is 0.437 e. The first-order valence-corrected chi connectivity index (χ1v) is 6.69. The summed E-state index contributed by atoms with van der Waals surface area (Å²) in [6, 6.07) is 11.7. The Kier molecular flexibility index (Phi) is 3.76. The van der Waals surface area contributed by atoms with Gasteiger partial charge in [0.15, 0.2) is 0 Å². The topological polar surface area (TPSA) is 85.3 Å². The minimum Gasteiger partial charge on any atom is -0.478 e. The summed E-state index contributed by atoms with van der Waals surface area (Å²) in [5, 5.41) is 13.2. The smallest absolute Gasteiger partial charge is 0.437 e. The van der Waals surface area contributed by atoms with Gasteiger partial charge in [0.05, 0.1) is 12.1 Å². The van der Waals surface area contributed by atoms with Crippen LogP contribution in [0.2, 0.25) is 0 Å². The summed E-state index contributed by atoms with van der Waals surface area (Å²) in [5.74, 6) is -2.17. The van der Waals surface area contributed by atoms with Crippen molar-refractivity contribution in [3.05, 3.63) is 76.0 Å². The number of aromatic nitrogens is 2. The molecule has 0 bridgehead atoms. The summed E-state index contributed by atoms with van der Waals surface area (Å²) >= 11 is 0. The molecule has 0 aliphatic heterocycles. The predicted molar refractivity (Wildman–Crippen MR) is 78.7 cm³/mol. The van der Waals surface area contributed by atoms with Crippen LogP contribution in [0.25, 0.3) is 11.5 Å². The van der Waals surface area contributed by atoms with E-state index in [1.807, 2.05) is 0 Å². The zero-order valence-corrected chi connectivity index (χ0v) is 11.8. The Labute approximate surface area is 129 Å². The largest absolute Gasteiger partial charge is 0.478 e. The molecule has 0 spiro atoms. The fraction of sp³-hybridized carbons (Fsp3) is 0.0625. The van der Waals surface area contributed by atoms with Crippen LogP contribution in [0.15, 0.2) is 57.7 Å². The third kappa shape index (κ3) is 3.03. The maximum atomic E-state index is 12.9. The lowest BCUT2D eigenvalue weighted by atomic mass is 10.1. The Hall–Kier alpha value is -3.22. The van der Waals surface area contributed by atoms with Crippen molar-refractivity contribution >= 4 is 5.97 Å². The summed E-state index contributed by atoms with van der Waals surface area (Å²) in [6.45, 7) is -0.0357. The highest BCUT2D eigenvalue weighted by molar-refractivity contribution is 5.89. The second-order valence-corrected chi connectivity index (χ2v) is 4.80. The molecule has 1 heterocycles. The van der Waals surface area contributed by atoms with Crippen molar-refractivity contribution in [3.8, 4) is 11.5 Å². The summed E-state index contributed by atoms with van der Waals surface area (Å²) in [5.41, 5.74) is 0.973. The number of hydrogen-bond acceptors (Lipinski definition) is 4. The number of carboxylic acid groups (broad SMARTS) is 1. The molecule has 0 fully saturated rings. The first kappa shape index (κ1) is 14.7. The lowest BCUT2D eigenvalue weighted by Crippen LogP contribution is -2.18. The van der Waals surface area contributed by atoms with E-state index < -0.39 is 17.5 Å². The third-order valence-corrected chi connectivity index (χ3v) is 3.27. The van der Waals surface area contributed by atoms with E-state index in [4.69, 9.17) is 9.52 Å². The number of hydrogen-bond donors (Lipinski definition) is 1. The van der Waals surface area contributed by atoms with E-state index in [1.54, 1.807) is 18.2 Å². The van der Waals surface area contributed by atoms with Crippen LogP contribution in [-0.2, 0) is 6.54 Å². The molecule has 3 aromatic rings. The van der Waals surface area contributed by atoms with Gasteiger partial charge in [0.2, 0.25) is 5.89 Å². The van der Waals surface area contributed by atoms with E-state index in [0.29, 0.717) is 11.1 Å². The van der Waals surface area contributed by atoms with E-state index in [9.17, 15) is 14.0 Å². The molecule has 1 N–H and O–H groups in total. The average Bonchev–Trinajstić information content (AvgIpc) is 2.89. The van der Waals surface area contributed by atoms with Crippen molar-refractivity contribution in [2.45, 2.75) is 6.54 Å². The van der Waals surface area contributed by atoms with Crippen LogP contribution >= 0.6 is 0 Å². The molecule has 0 unspecified atom stereocenters. The average molecular weight is 314 g/mol. The molecule has 0 saturated heterocycles. The van der Waals surface area contributed by atoms with E-state index in [0.717, 1.165) is 4.68 Å². The van der Waals surface area contributed by atoms with Crippen molar-refractivity contribution in [1.29, 1.82) is 0 Å². The number of carbonyl (C=O) groups is 1. The normalized spacial score (nSPS) is 10.7. The second kappa shape index (κ2) is 5.88. The molecule has 0 atom stereocenters. The zero-order chi connectivity index (χ0) is 16.4. The van der Waals surface area contributed by atoms with Gasteiger partial charge in [-0.05, 0) is 35.9 Å². The molecule has 0 saturated carbocycles. The van der Waals surface area contributed by atoms with Crippen LogP contribution in [-0.4, -0.2) is 20.9 Å². The fourth-order valence-corrected chi connectivity index (χ4v) is 2.14. The second-order valence-electron chi connectivity index (χ2n) is 4.80. The van der Waals surface area contributed by atoms with Crippen LogP contribution in [0.1, 0.15) is 15.9 Å². The van der Waals surface area contributed by atoms with Crippen LogP contribution in [0, 0.1) is 5.82 Å². The maximum absolute atomic E-state index is 12.9. The van der Waals surface area contributed by atoms with E-state index in [1.165, 1.54) is 30.3 Å². The Morgan fingerprint density at radius 2 is 1.87 bits per heavy atom. The van der Waals surface area contributed by atoms with Crippen molar-refractivity contribution in [2.75, 3.05) is 0 Å². The molecule has 0 aliphatic carbocycles. The van der Waals surface area contributed by atoms with Gasteiger partial charge >= 0.3 is 11.7 Å². The number of aromatic carboxylic acids is 1. The summed E-state index contributed by atoms with van der Waals surface area (Å²) < 4.78 is 19.0. The Morgan fingerprint density at radius 3 is 2.57 bits per heavy atom. The van der Waals surface area contributed by atoms with Gasteiger partial charge in [-0.25, -0.2) is 14.0 Å². The van der Waals surface area contributed by atoms with Gasteiger partial charge in [0.25, 0.3) is 0 Å². The Balaban J connectivity index is 1.95. The number of carboxylic acids is 1. The van der Waals surface area contributed by atoms with Gasteiger partial charge in [-0.15, -0.1) is 5.10 Å². The number of nitrogens with zero attached hydrogens (tertiary/aromatic N) is 2. The highest BCUT2D eigenvalue weighted by atomic mass is 19.1. The first-order chi connectivity index (χ1) is 11.0. The Morgan fingerprint density at radius 1 is 1.17 bits per heavy atom. The first-order valence-electron chi connectivity index (χ1n) is 6.69. The zero-order valence-electron chi connectivity index (χ0n) is 11.8. The number of benzene rings is 2. The van der Waals surface area contributed by atoms with Crippen molar-refractivity contribution < 1.29 is 18.7 Å². The molecule has 2 aromatic carbocycles. The fourth-order valence-electron chi connectivity index (χ4n) is 2.14. The highest BCUT2D eigenvalue weighted by Crippen LogP contribution is 2.16. The molecule has 7 heteroatoms. The molecule has 6 nitrogen and oxygen atoms in total. The third-order valence-electron chi connectivity index (χ3n) is 3.27. The minimum atomic E-state index is -1.09.